The van der Waals surface area contributed by atoms with Crippen LogP contribution in [0.3, 0.4) is 0 Å². The van der Waals surface area contributed by atoms with Gasteiger partial charge in [-0.2, -0.15) is 11.8 Å². The van der Waals surface area contributed by atoms with Crippen LogP contribution in [0.25, 0.3) is 0 Å². The Bertz CT molecular complexity index is 368. The second-order valence-corrected chi connectivity index (χ2v) is 7.56. The normalized spacial score (nSPS) is 13.5. The molecule has 0 bridgehead atoms. The first kappa shape index (κ1) is 16.6. The highest BCUT2D eigenvalue weighted by atomic mass is 32.2. The largest absolute Gasteiger partial charge is 0.311 e. The van der Waals surface area contributed by atoms with Crippen LogP contribution in [0.4, 0.5) is 0 Å². The van der Waals surface area contributed by atoms with Crippen molar-refractivity contribution in [2.45, 2.75) is 52.5 Å². The summed E-state index contributed by atoms with van der Waals surface area (Å²) in [4.78, 5) is 0. The van der Waals surface area contributed by atoms with Gasteiger partial charge in [0.05, 0.1) is 0 Å². The lowest BCUT2D eigenvalue weighted by molar-refractivity contribution is 0.403. The van der Waals surface area contributed by atoms with E-state index in [4.69, 9.17) is 0 Å². The Hall–Kier alpha value is -0.470. The van der Waals surface area contributed by atoms with Crippen molar-refractivity contribution < 1.29 is 0 Å². The Morgan fingerprint density at radius 1 is 1.21 bits per heavy atom. The van der Waals surface area contributed by atoms with Crippen LogP contribution >= 0.6 is 11.8 Å². The number of aryl methyl sites for hydroxylation is 1. The molecule has 1 nitrogen and oxygen atoms in total. The standard InChI is InChI=1S/C17H29NS/c1-6-19-12-11-15(13-18-17(3,4)5)16-10-8-7-9-14(16)2/h7-10,15,18H,6,11-13H2,1-5H3. The van der Waals surface area contributed by atoms with E-state index < -0.39 is 0 Å². The van der Waals surface area contributed by atoms with Crippen molar-refractivity contribution in [3.8, 4) is 0 Å². The maximum atomic E-state index is 3.67. The van der Waals surface area contributed by atoms with Crippen LogP contribution in [-0.4, -0.2) is 23.6 Å². The Morgan fingerprint density at radius 2 is 1.89 bits per heavy atom. The third-order valence-electron chi connectivity index (χ3n) is 3.32. The summed E-state index contributed by atoms with van der Waals surface area (Å²) in [6, 6.07) is 8.82. The molecule has 1 aromatic carbocycles. The Balaban J connectivity index is 2.71. The minimum atomic E-state index is 0.193. The Labute approximate surface area is 123 Å². The number of hydrogen-bond acceptors (Lipinski definition) is 2. The van der Waals surface area contributed by atoms with E-state index in [0.717, 1.165) is 6.54 Å². The maximum Gasteiger partial charge on any atom is 0.00967 e. The first-order chi connectivity index (χ1) is 8.94. The Kier molecular flexibility index (Phi) is 6.95. The second kappa shape index (κ2) is 7.96. The number of benzene rings is 1. The summed E-state index contributed by atoms with van der Waals surface area (Å²) in [5.41, 5.74) is 3.12. The number of nitrogens with one attached hydrogen (secondary N) is 1. The molecule has 0 radical (unpaired) electrons. The molecule has 0 aliphatic heterocycles. The van der Waals surface area contributed by atoms with Crippen LogP contribution in [0.1, 0.15) is 51.2 Å². The lowest BCUT2D eigenvalue weighted by Gasteiger charge is -2.26. The van der Waals surface area contributed by atoms with Gasteiger partial charge in [-0.1, -0.05) is 31.2 Å². The highest BCUT2D eigenvalue weighted by Crippen LogP contribution is 2.24. The van der Waals surface area contributed by atoms with Gasteiger partial charge in [0.2, 0.25) is 0 Å². The summed E-state index contributed by atoms with van der Waals surface area (Å²) >= 11 is 2.04. The van der Waals surface area contributed by atoms with Crippen LogP contribution < -0.4 is 5.32 Å². The van der Waals surface area contributed by atoms with Crippen LogP contribution in [0.15, 0.2) is 24.3 Å². The zero-order chi connectivity index (χ0) is 14.3. The molecule has 0 saturated carbocycles. The third-order valence-corrected chi connectivity index (χ3v) is 4.25. The molecule has 1 atom stereocenters. The van der Waals surface area contributed by atoms with Crippen molar-refractivity contribution in [1.82, 2.24) is 5.32 Å². The van der Waals surface area contributed by atoms with Crippen molar-refractivity contribution in [2.24, 2.45) is 0 Å². The van der Waals surface area contributed by atoms with Gasteiger partial charge >= 0.3 is 0 Å². The van der Waals surface area contributed by atoms with E-state index in [1.165, 1.54) is 29.1 Å². The van der Waals surface area contributed by atoms with Crippen molar-refractivity contribution in [2.75, 3.05) is 18.1 Å². The van der Waals surface area contributed by atoms with Gasteiger partial charge in [-0.05, 0) is 62.7 Å². The quantitative estimate of drug-likeness (QED) is 0.732. The van der Waals surface area contributed by atoms with Crippen molar-refractivity contribution in [1.29, 1.82) is 0 Å². The minimum Gasteiger partial charge on any atom is -0.311 e. The zero-order valence-electron chi connectivity index (χ0n) is 13.1. The minimum absolute atomic E-state index is 0.193. The molecule has 0 aliphatic rings. The fraction of sp³-hybridized carbons (Fsp3) is 0.647. The summed E-state index contributed by atoms with van der Waals surface area (Å²) in [6.07, 6.45) is 1.26. The predicted octanol–water partition coefficient (Wildman–Crippen LogP) is 4.61. The fourth-order valence-electron chi connectivity index (χ4n) is 2.21. The summed E-state index contributed by atoms with van der Waals surface area (Å²) in [7, 11) is 0. The highest BCUT2D eigenvalue weighted by Gasteiger charge is 2.17. The molecule has 0 amide bonds. The predicted molar refractivity (Wildman–Crippen MR) is 89.3 cm³/mol. The van der Waals surface area contributed by atoms with Crippen molar-refractivity contribution >= 4 is 11.8 Å². The monoisotopic (exact) mass is 279 g/mol. The second-order valence-electron chi connectivity index (χ2n) is 6.17. The first-order valence-electron chi connectivity index (χ1n) is 7.32. The van der Waals surface area contributed by atoms with Crippen molar-refractivity contribution in [3.05, 3.63) is 35.4 Å². The maximum absolute atomic E-state index is 3.67. The number of rotatable bonds is 7. The van der Waals surface area contributed by atoms with E-state index in [0.29, 0.717) is 5.92 Å². The Morgan fingerprint density at radius 3 is 2.47 bits per heavy atom. The van der Waals surface area contributed by atoms with Gasteiger partial charge in [-0.3, -0.25) is 0 Å². The molecule has 1 N–H and O–H groups in total. The topological polar surface area (TPSA) is 12.0 Å². The molecule has 0 saturated heterocycles. The molecule has 0 heterocycles. The molecule has 0 aliphatic carbocycles. The van der Waals surface area contributed by atoms with E-state index in [1.54, 1.807) is 0 Å². The van der Waals surface area contributed by atoms with Crippen LogP contribution in [0.5, 0.6) is 0 Å². The lowest BCUT2D eigenvalue weighted by atomic mass is 9.91. The highest BCUT2D eigenvalue weighted by molar-refractivity contribution is 7.99. The van der Waals surface area contributed by atoms with Gasteiger partial charge in [-0.15, -0.1) is 0 Å². The smallest absolute Gasteiger partial charge is 0.00967 e. The fourth-order valence-corrected chi connectivity index (χ4v) is 2.95. The number of hydrogen-bond donors (Lipinski definition) is 1. The van der Waals surface area contributed by atoms with Gasteiger partial charge in [0.15, 0.2) is 0 Å². The number of thioether (sulfide) groups is 1. The van der Waals surface area contributed by atoms with Gasteiger partial charge < -0.3 is 5.32 Å². The molecule has 19 heavy (non-hydrogen) atoms. The molecular formula is C17H29NS. The molecule has 1 unspecified atom stereocenters. The molecule has 2 heteroatoms. The van der Waals surface area contributed by atoms with E-state index in [1.807, 2.05) is 11.8 Å². The average molecular weight is 279 g/mol. The molecule has 0 aromatic heterocycles. The molecule has 0 fully saturated rings. The van der Waals surface area contributed by atoms with Crippen molar-refractivity contribution in [3.63, 3.8) is 0 Å². The molecular weight excluding hydrogens is 250 g/mol. The van der Waals surface area contributed by atoms with E-state index >= 15 is 0 Å². The van der Waals surface area contributed by atoms with Gasteiger partial charge in [0, 0.05) is 12.1 Å². The lowest BCUT2D eigenvalue weighted by Crippen LogP contribution is -2.38. The third kappa shape index (κ3) is 6.49. The summed E-state index contributed by atoms with van der Waals surface area (Å²) in [6.45, 7) is 12.2. The molecule has 0 spiro atoms. The van der Waals surface area contributed by atoms with Gasteiger partial charge in [-0.25, -0.2) is 0 Å². The van der Waals surface area contributed by atoms with E-state index in [9.17, 15) is 0 Å². The molecule has 1 rings (SSSR count). The summed E-state index contributed by atoms with van der Waals surface area (Å²) in [5, 5.41) is 3.67. The van der Waals surface area contributed by atoms with Crippen LogP contribution in [-0.2, 0) is 0 Å². The molecule has 1 aromatic rings. The van der Waals surface area contributed by atoms with Gasteiger partial charge in [0.25, 0.3) is 0 Å². The zero-order valence-corrected chi connectivity index (χ0v) is 13.9. The average Bonchev–Trinajstić information content (AvgIpc) is 2.33. The summed E-state index contributed by atoms with van der Waals surface area (Å²) < 4.78 is 0. The van der Waals surface area contributed by atoms with Crippen LogP contribution in [0.2, 0.25) is 0 Å². The van der Waals surface area contributed by atoms with Gasteiger partial charge in [0.1, 0.15) is 0 Å². The van der Waals surface area contributed by atoms with E-state index in [2.05, 4.69) is 64.2 Å². The summed E-state index contributed by atoms with van der Waals surface area (Å²) in [5.74, 6) is 3.09. The first-order valence-corrected chi connectivity index (χ1v) is 8.48. The van der Waals surface area contributed by atoms with Crippen LogP contribution in [0, 0.1) is 6.92 Å². The molecule has 108 valence electrons. The van der Waals surface area contributed by atoms with E-state index in [-0.39, 0.29) is 5.54 Å². The SMILES string of the molecule is CCSCCC(CNC(C)(C)C)c1ccccc1C.